The largest absolute Gasteiger partial charge is 0.459 e. The molecule has 0 amide bonds. The second-order valence-corrected chi connectivity index (χ2v) is 7.95. The fourth-order valence-corrected chi connectivity index (χ4v) is 2.96. The molecule has 3 nitrogen and oxygen atoms in total. The summed E-state index contributed by atoms with van der Waals surface area (Å²) in [4.78, 5) is 14.4. The summed E-state index contributed by atoms with van der Waals surface area (Å²) in [6.45, 7) is 8.97. The van der Waals surface area contributed by atoms with Crippen LogP contribution in [-0.4, -0.2) is 24.7 Å². The third kappa shape index (κ3) is 5.52. The topological polar surface area (TPSA) is 29.5 Å². The van der Waals surface area contributed by atoms with Crippen molar-refractivity contribution in [1.82, 2.24) is 0 Å². The fraction of sp³-hybridized carbons (Fsp3) is 0.450. The molecule has 0 radical (unpaired) electrons. The molecule has 2 aromatic carbocycles. The molecule has 0 aliphatic carbocycles. The summed E-state index contributed by atoms with van der Waals surface area (Å²) in [5, 5.41) is 2.35. The number of ether oxygens (including phenoxy) is 1. The quantitative estimate of drug-likeness (QED) is 0.604. The van der Waals surface area contributed by atoms with Gasteiger partial charge in [0.1, 0.15) is 12.1 Å². The van der Waals surface area contributed by atoms with Gasteiger partial charge in [-0.3, -0.25) is 4.79 Å². The average Bonchev–Trinajstić information content (AvgIpc) is 2.49. The van der Waals surface area contributed by atoms with Crippen molar-refractivity contribution in [3.8, 4) is 0 Å². The number of halogens is 1. The van der Waals surface area contributed by atoms with Crippen molar-refractivity contribution in [2.45, 2.75) is 46.1 Å². The minimum absolute atomic E-state index is 0.186. The zero-order chi connectivity index (χ0) is 17.7. The normalized spacial score (nSPS) is 11.5. The number of benzene rings is 2. The minimum atomic E-state index is -0.455. The lowest BCUT2D eigenvalue weighted by Gasteiger charge is -2.27. The molecule has 0 aromatic heterocycles. The maximum absolute atomic E-state index is 12.2. The lowest BCUT2D eigenvalue weighted by Crippen LogP contribution is -2.35. The Hall–Kier alpha value is -1.55. The summed E-state index contributed by atoms with van der Waals surface area (Å²) in [6, 6.07) is 12.5. The SMILES string of the molecule is CCCCN(CC(=O)OC(C)(C)C)c1ccc2cc(Br)ccc2c1. The van der Waals surface area contributed by atoms with Crippen LogP contribution in [0.3, 0.4) is 0 Å². The fourth-order valence-electron chi connectivity index (χ4n) is 2.58. The summed E-state index contributed by atoms with van der Waals surface area (Å²) in [7, 11) is 0. The molecule has 0 aliphatic rings. The number of rotatable bonds is 6. The Morgan fingerprint density at radius 3 is 2.46 bits per heavy atom. The predicted octanol–water partition coefficient (Wildman–Crippen LogP) is 5.55. The van der Waals surface area contributed by atoms with Crippen molar-refractivity contribution in [3.05, 3.63) is 40.9 Å². The number of nitrogens with zero attached hydrogens (tertiary/aromatic N) is 1. The number of hydrogen-bond acceptors (Lipinski definition) is 3. The number of carbonyl (C=O) groups is 1. The van der Waals surface area contributed by atoms with Gasteiger partial charge in [0.05, 0.1) is 0 Å². The van der Waals surface area contributed by atoms with E-state index in [1.54, 1.807) is 0 Å². The molecule has 0 aliphatic heterocycles. The minimum Gasteiger partial charge on any atom is -0.459 e. The molecule has 24 heavy (non-hydrogen) atoms. The zero-order valence-electron chi connectivity index (χ0n) is 14.9. The van der Waals surface area contributed by atoms with Crippen LogP contribution in [0.15, 0.2) is 40.9 Å². The summed E-state index contributed by atoms with van der Waals surface area (Å²) < 4.78 is 6.55. The van der Waals surface area contributed by atoms with Gasteiger partial charge >= 0.3 is 5.97 Å². The lowest BCUT2D eigenvalue weighted by atomic mass is 10.1. The van der Waals surface area contributed by atoms with Gasteiger partial charge < -0.3 is 9.64 Å². The van der Waals surface area contributed by atoms with Gasteiger partial charge in [0.2, 0.25) is 0 Å². The van der Waals surface area contributed by atoms with E-state index < -0.39 is 5.60 Å². The number of unbranched alkanes of at least 4 members (excludes halogenated alkanes) is 1. The van der Waals surface area contributed by atoms with Crippen molar-refractivity contribution in [2.24, 2.45) is 0 Å². The molecule has 0 N–H and O–H groups in total. The molecule has 2 aromatic rings. The van der Waals surface area contributed by atoms with Crippen LogP contribution in [0, 0.1) is 0 Å². The first-order valence-corrected chi connectivity index (χ1v) is 9.24. The van der Waals surface area contributed by atoms with Crippen LogP contribution < -0.4 is 4.90 Å². The van der Waals surface area contributed by atoms with E-state index in [9.17, 15) is 4.79 Å². The van der Waals surface area contributed by atoms with Crippen LogP contribution in [0.2, 0.25) is 0 Å². The number of anilines is 1. The summed E-state index contributed by atoms with van der Waals surface area (Å²) in [5.41, 5.74) is 0.604. The Bertz CT molecular complexity index is 706. The van der Waals surface area contributed by atoms with Gasteiger partial charge in [0.25, 0.3) is 0 Å². The van der Waals surface area contributed by atoms with Crippen LogP contribution in [-0.2, 0) is 9.53 Å². The maximum atomic E-state index is 12.2. The van der Waals surface area contributed by atoms with Gasteiger partial charge in [-0.15, -0.1) is 0 Å². The van der Waals surface area contributed by atoms with Crippen molar-refractivity contribution < 1.29 is 9.53 Å². The standard InChI is InChI=1S/C20H26BrNO2/c1-5-6-11-22(14-19(23)24-20(2,3)4)18-10-8-15-12-17(21)9-7-16(15)13-18/h7-10,12-13H,5-6,11,14H2,1-4H3. The summed E-state index contributed by atoms with van der Waals surface area (Å²) in [5.74, 6) is -0.186. The highest BCUT2D eigenvalue weighted by Crippen LogP contribution is 2.25. The molecule has 4 heteroatoms. The van der Waals surface area contributed by atoms with Crippen molar-refractivity contribution in [1.29, 1.82) is 0 Å². The van der Waals surface area contributed by atoms with Crippen LogP contribution in [0.5, 0.6) is 0 Å². The molecular weight excluding hydrogens is 366 g/mol. The predicted molar refractivity (Wildman–Crippen MR) is 105 cm³/mol. The van der Waals surface area contributed by atoms with Gasteiger partial charge in [-0.2, -0.15) is 0 Å². The average molecular weight is 392 g/mol. The third-order valence-corrected chi connectivity index (χ3v) is 4.17. The zero-order valence-corrected chi connectivity index (χ0v) is 16.5. The van der Waals surface area contributed by atoms with Gasteiger partial charge in [0.15, 0.2) is 0 Å². The number of fused-ring (bicyclic) bond motifs is 1. The first-order valence-electron chi connectivity index (χ1n) is 8.44. The molecule has 130 valence electrons. The molecule has 2 rings (SSSR count). The van der Waals surface area contributed by atoms with E-state index in [-0.39, 0.29) is 12.5 Å². The van der Waals surface area contributed by atoms with Gasteiger partial charge in [0, 0.05) is 16.7 Å². The molecule has 0 atom stereocenters. The number of carbonyl (C=O) groups excluding carboxylic acids is 1. The van der Waals surface area contributed by atoms with E-state index in [4.69, 9.17) is 4.74 Å². The summed E-state index contributed by atoms with van der Waals surface area (Å²) in [6.07, 6.45) is 2.13. The highest BCUT2D eigenvalue weighted by molar-refractivity contribution is 9.10. The molecule has 0 saturated carbocycles. The Labute approximate surface area is 153 Å². The van der Waals surface area contributed by atoms with E-state index in [0.29, 0.717) is 0 Å². The van der Waals surface area contributed by atoms with Gasteiger partial charge in [-0.05, 0) is 62.2 Å². The van der Waals surface area contributed by atoms with Gasteiger partial charge in [-0.25, -0.2) is 0 Å². The molecular formula is C20H26BrNO2. The van der Waals surface area contributed by atoms with Crippen LogP contribution in [0.1, 0.15) is 40.5 Å². The second kappa shape index (κ2) is 8.02. The Morgan fingerprint density at radius 2 is 1.79 bits per heavy atom. The van der Waals surface area contributed by atoms with Crippen molar-refractivity contribution in [2.75, 3.05) is 18.0 Å². The smallest absolute Gasteiger partial charge is 0.326 e. The van der Waals surface area contributed by atoms with Crippen LogP contribution in [0.4, 0.5) is 5.69 Å². The Balaban J connectivity index is 2.23. The second-order valence-electron chi connectivity index (χ2n) is 7.04. The monoisotopic (exact) mass is 391 g/mol. The first kappa shape index (κ1) is 18.8. The first-order chi connectivity index (χ1) is 11.3. The van der Waals surface area contributed by atoms with Crippen molar-refractivity contribution >= 4 is 38.4 Å². The summed E-state index contributed by atoms with van der Waals surface area (Å²) >= 11 is 3.50. The van der Waals surface area contributed by atoms with E-state index in [0.717, 1.165) is 29.5 Å². The highest BCUT2D eigenvalue weighted by atomic mass is 79.9. The maximum Gasteiger partial charge on any atom is 0.326 e. The van der Waals surface area contributed by atoms with E-state index in [2.05, 4.69) is 58.1 Å². The van der Waals surface area contributed by atoms with E-state index in [1.165, 1.54) is 10.8 Å². The molecule has 0 saturated heterocycles. The van der Waals surface area contributed by atoms with E-state index in [1.807, 2.05) is 26.8 Å². The Morgan fingerprint density at radius 1 is 1.12 bits per heavy atom. The van der Waals surface area contributed by atoms with Crippen LogP contribution >= 0.6 is 15.9 Å². The van der Waals surface area contributed by atoms with Crippen LogP contribution in [0.25, 0.3) is 10.8 Å². The lowest BCUT2D eigenvalue weighted by molar-refractivity contribution is -0.153. The number of hydrogen-bond donors (Lipinski definition) is 0. The molecule has 0 bridgehead atoms. The highest BCUT2D eigenvalue weighted by Gasteiger charge is 2.19. The third-order valence-electron chi connectivity index (χ3n) is 3.67. The van der Waals surface area contributed by atoms with Gasteiger partial charge in [-0.1, -0.05) is 41.4 Å². The Kier molecular flexibility index (Phi) is 6.27. The van der Waals surface area contributed by atoms with Crippen molar-refractivity contribution in [3.63, 3.8) is 0 Å². The molecule has 0 fully saturated rings. The number of esters is 1. The molecule has 0 spiro atoms. The molecule has 0 heterocycles. The van der Waals surface area contributed by atoms with E-state index >= 15 is 0 Å². The molecule has 0 unspecified atom stereocenters.